The number of carboxylic acid groups (broad SMARTS) is 1. The number of aliphatic carboxylic acids is 1. The Morgan fingerprint density at radius 1 is 1.40 bits per heavy atom. The standard InChI is InChI=1S/C14H16ClN3O2/c1-10(13-7-8-16-17(13)2)18(9-14(19)20)12-5-3-11(15)4-6-12/h3-8,10H,9H2,1-2H3,(H,19,20). The topological polar surface area (TPSA) is 58.4 Å². The Hall–Kier alpha value is -2.01. The van der Waals surface area contributed by atoms with E-state index in [9.17, 15) is 4.79 Å². The van der Waals surface area contributed by atoms with Crippen molar-refractivity contribution in [1.29, 1.82) is 0 Å². The lowest BCUT2D eigenvalue weighted by atomic mass is 10.1. The molecule has 1 atom stereocenters. The molecule has 0 fully saturated rings. The summed E-state index contributed by atoms with van der Waals surface area (Å²) in [5.41, 5.74) is 1.76. The molecule has 1 heterocycles. The number of aromatic nitrogens is 2. The molecule has 0 bridgehead atoms. The molecule has 2 aromatic rings. The number of carboxylic acids is 1. The molecular weight excluding hydrogens is 278 g/mol. The number of carbonyl (C=O) groups is 1. The highest BCUT2D eigenvalue weighted by atomic mass is 35.5. The summed E-state index contributed by atoms with van der Waals surface area (Å²) in [6.07, 6.45) is 1.70. The van der Waals surface area contributed by atoms with Crippen molar-refractivity contribution in [1.82, 2.24) is 9.78 Å². The molecule has 0 aliphatic carbocycles. The van der Waals surface area contributed by atoms with Gasteiger partial charge in [0.1, 0.15) is 6.54 Å². The molecule has 0 aliphatic rings. The van der Waals surface area contributed by atoms with Crippen LogP contribution in [0.4, 0.5) is 5.69 Å². The summed E-state index contributed by atoms with van der Waals surface area (Å²) in [5.74, 6) is -0.881. The molecule has 0 saturated heterocycles. The zero-order valence-corrected chi connectivity index (χ0v) is 12.1. The van der Waals surface area contributed by atoms with Gasteiger partial charge in [0.15, 0.2) is 0 Å². The van der Waals surface area contributed by atoms with Gasteiger partial charge in [-0.1, -0.05) is 11.6 Å². The third-order valence-electron chi connectivity index (χ3n) is 3.22. The Labute approximate surface area is 122 Å². The maximum absolute atomic E-state index is 11.1. The fourth-order valence-corrected chi connectivity index (χ4v) is 2.31. The van der Waals surface area contributed by atoms with Crippen molar-refractivity contribution in [2.24, 2.45) is 7.05 Å². The van der Waals surface area contributed by atoms with Crippen molar-refractivity contribution in [3.63, 3.8) is 0 Å². The second-order valence-corrected chi connectivity index (χ2v) is 4.99. The second kappa shape index (κ2) is 5.96. The van der Waals surface area contributed by atoms with Crippen LogP contribution in [0.15, 0.2) is 36.5 Å². The fraction of sp³-hybridized carbons (Fsp3) is 0.286. The van der Waals surface area contributed by atoms with E-state index in [-0.39, 0.29) is 12.6 Å². The number of aryl methyl sites for hydroxylation is 1. The molecule has 106 valence electrons. The van der Waals surface area contributed by atoms with E-state index in [1.165, 1.54) is 0 Å². The summed E-state index contributed by atoms with van der Waals surface area (Å²) < 4.78 is 1.75. The predicted molar refractivity (Wildman–Crippen MR) is 78.1 cm³/mol. The fourth-order valence-electron chi connectivity index (χ4n) is 2.18. The van der Waals surface area contributed by atoms with Gasteiger partial charge in [-0.3, -0.25) is 9.48 Å². The average molecular weight is 294 g/mol. The number of benzene rings is 1. The van der Waals surface area contributed by atoms with Crippen LogP contribution in [0.5, 0.6) is 0 Å². The van der Waals surface area contributed by atoms with Gasteiger partial charge in [0, 0.05) is 24.0 Å². The second-order valence-electron chi connectivity index (χ2n) is 4.55. The van der Waals surface area contributed by atoms with Crippen LogP contribution in [0.3, 0.4) is 0 Å². The van der Waals surface area contributed by atoms with E-state index >= 15 is 0 Å². The number of hydrogen-bond donors (Lipinski definition) is 1. The zero-order valence-electron chi connectivity index (χ0n) is 11.3. The normalized spacial score (nSPS) is 12.2. The first kappa shape index (κ1) is 14.4. The van der Waals surface area contributed by atoms with Gasteiger partial charge in [-0.25, -0.2) is 0 Å². The van der Waals surface area contributed by atoms with Gasteiger partial charge < -0.3 is 10.0 Å². The minimum atomic E-state index is -0.881. The molecule has 20 heavy (non-hydrogen) atoms. The van der Waals surface area contributed by atoms with E-state index in [1.807, 2.05) is 32.2 Å². The van der Waals surface area contributed by atoms with Crippen LogP contribution < -0.4 is 4.90 Å². The Bertz CT molecular complexity index is 595. The highest BCUT2D eigenvalue weighted by molar-refractivity contribution is 6.30. The van der Waals surface area contributed by atoms with Gasteiger partial charge in [-0.2, -0.15) is 5.10 Å². The first-order chi connectivity index (χ1) is 9.49. The Morgan fingerprint density at radius 3 is 2.55 bits per heavy atom. The third kappa shape index (κ3) is 3.11. The molecule has 5 nitrogen and oxygen atoms in total. The number of rotatable bonds is 5. The van der Waals surface area contributed by atoms with Crippen molar-refractivity contribution >= 4 is 23.3 Å². The molecule has 0 spiro atoms. The summed E-state index contributed by atoms with van der Waals surface area (Å²) in [4.78, 5) is 12.9. The molecule has 2 rings (SSSR count). The van der Waals surface area contributed by atoms with Gasteiger partial charge in [0.05, 0.1) is 11.7 Å². The van der Waals surface area contributed by atoms with Gasteiger partial charge in [0.2, 0.25) is 0 Å². The van der Waals surface area contributed by atoms with Gasteiger partial charge in [-0.15, -0.1) is 0 Å². The molecule has 1 aromatic heterocycles. The number of halogens is 1. The van der Waals surface area contributed by atoms with Crippen molar-refractivity contribution in [3.05, 3.63) is 47.2 Å². The molecule has 6 heteroatoms. The molecule has 1 unspecified atom stereocenters. The highest BCUT2D eigenvalue weighted by Gasteiger charge is 2.21. The monoisotopic (exact) mass is 293 g/mol. The first-order valence-corrected chi connectivity index (χ1v) is 6.58. The van der Waals surface area contributed by atoms with Crippen molar-refractivity contribution in [2.45, 2.75) is 13.0 Å². The van der Waals surface area contributed by atoms with E-state index in [4.69, 9.17) is 16.7 Å². The van der Waals surface area contributed by atoms with Crippen LogP contribution in [0.2, 0.25) is 5.02 Å². The van der Waals surface area contributed by atoms with Crippen molar-refractivity contribution in [2.75, 3.05) is 11.4 Å². The quantitative estimate of drug-likeness (QED) is 0.921. The molecule has 1 N–H and O–H groups in total. The minimum absolute atomic E-state index is 0.0893. The van der Waals surface area contributed by atoms with E-state index in [0.717, 1.165) is 11.4 Å². The molecule has 0 aliphatic heterocycles. The Balaban J connectivity index is 2.34. The van der Waals surface area contributed by atoms with Crippen molar-refractivity contribution < 1.29 is 9.90 Å². The van der Waals surface area contributed by atoms with Crippen LogP contribution in [-0.4, -0.2) is 27.4 Å². The summed E-state index contributed by atoms with van der Waals surface area (Å²) >= 11 is 5.88. The van der Waals surface area contributed by atoms with E-state index in [1.54, 1.807) is 27.9 Å². The lowest BCUT2D eigenvalue weighted by Gasteiger charge is -2.30. The first-order valence-electron chi connectivity index (χ1n) is 6.21. The maximum Gasteiger partial charge on any atom is 0.323 e. The van der Waals surface area contributed by atoms with Crippen LogP contribution in [0.25, 0.3) is 0 Å². The van der Waals surface area contributed by atoms with Crippen molar-refractivity contribution in [3.8, 4) is 0 Å². The largest absolute Gasteiger partial charge is 0.480 e. The number of anilines is 1. The minimum Gasteiger partial charge on any atom is -0.480 e. The lowest BCUT2D eigenvalue weighted by Crippen LogP contribution is -2.33. The van der Waals surface area contributed by atoms with E-state index in [2.05, 4.69) is 5.10 Å². The number of hydrogen-bond acceptors (Lipinski definition) is 3. The van der Waals surface area contributed by atoms with Gasteiger partial charge in [0.25, 0.3) is 0 Å². The average Bonchev–Trinajstić information content (AvgIpc) is 2.82. The predicted octanol–water partition coefficient (Wildman–Crippen LogP) is 2.73. The molecule has 1 aromatic carbocycles. The summed E-state index contributed by atoms with van der Waals surface area (Å²) in [7, 11) is 1.84. The lowest BCUT2D eigenvalue weighted by molar-refractivity contribution is -0.135. The van der Waals surface area contributed by atoms with Crippen LogP contribution in [0.1, 0.15) is 18.7 Å². The molecule has 0 saturated carbocycles. The Morgan fingerprint density at radius 2 is 2.05 bits per heavy atom. The highest BCUT2D eigenvalue weighted by Crippen LogP contribution is 2.27. The molecule has 0 radical (unpaired) electrons. The smallest absolute Gasteiger partial charge is 0.323 e. The van der Waals surface area contributed by atoms with Crippen LogP contribution in [0, 0.1) is 0 Å². The van der Waals surface area contributed by atoms with Crippen LogP contribution in [-0.2, 0) is 11.8 Å². The molecular formula is C14H16ClN3O2. The summed E-state index contributed by atoms with van der Waals surface area (Å²) in [6, 6.07) is 8.91. The van der Waals surface area contributed by atoms with E-state index in [0.29, 0.717) is 5.02 Å². The SMILES string of the molecule is CC(c1ccnn1C)N(CC(=O)O)c1ccc(Cl)cc1. The van der Waals surface area contributed by atoms with Gasteiger partial charge in [-0.05, 0) is 37.3 Å². The van der Waals surface area contributed by atoms with E-state index < -0.39 is 5.97 Å². The van der Waals surface area contributed by atoms with Gasteiger partial charge >= 0.3 is 5.97 Å². The summed E-state index contributed by atoms with van der Waals surface area (Å²) in [6.45, 7) is 1.86. The zero-order chi connectivity index (χ0) is 14.7. The van der Waals surface area contributed by atoms with Crippen LogP contribution >= 0.6 is 11.6 Å². The maximum atomic E-state index is 11.1. The third-order valence-corrected chi connectivity index (χ3v) is 3.47. The summed E-state index contributed by atoms with van der Waals surface area (Å²) in [5, 5.41) is 13.9. The molecule has 0 amide bonds. The Kier molecular flexibility index (Phi) is 4.29. The number of nitrogens with zero attached hydrogens (tertiary/aromatic N) is 3.